The van der Waals surface area contributed by atoms with Crippen LogP contribution in [0, 0.1) is 5.82 Å². The first kappa shape index (κ1) is 17.8. The lowest BCUT2D eigenvalue weighted by atomic mass is 9.98. The number of ketones is 1. The zero-order valence-corrected chi connectivity index (χ0v) is 14.5. The molecule has 0 bridgehead atoms. The van der Waals surface area contributed by atoms with Crippen LogP contribution in [0.5, 0.6) is 5.75 Å². The summed E-state index contributed by atoms with van der Waals surface area (Å²) in [6, 6.07) is 11.6. The van der Waals surface area contributed by atoms with Gasteiger partial charge in [0, 0.05) is 29.2 Å². The summed E-state index contributed by atoms with van der Waals surface area (Å²) in [5.41, 5.74) is 1.64. The van der Waals surface area contributed by atoms with E-state index in [1.807, 2.05) is 0 Å². The van der Waals surface area contributed by atoms with Gasteiger partial charge in [-0.2, -0.15) is 5.10 Å². The second-order valence-corrected chi connectivity index (χ2v) is 5.98. The molecule has 0 saturated heterocycles. The number of rotatable bonds is 5. The van der Waals surface area contributed by atoms with Crippen LogP contribution in [0.1, 0.15) is 27.2 Å². The highest BCUT2D eigenvalue weighted by Crippen LogP contribution is 2.26. The van der Waals surface area contributed by atoms with E-state index in [0.29, 0.717) is 23.4 Å². The second kappa shape index (κ2) is 7.49. The van der Waals surface area contributed by atoms with Gasteiger partial charge in [0.15, 0.2) is 5.78 Å². The molecular weight excluding hydrogens is 359 g/mol. The maximum absolute atomic E-state index is 13.2. The number of halogens is 2. The van der Waals surface area contributed by atoms with Crippen molar-refractivity contribution in [2.24, 2.45) is 0 Å². The monoisotopic (exact) mass is 372 g/mol. The number of carbonyl (C=O) groups is 1. The van der Waals surface area contributed by atoms with Gasteiger partial charge in [0.25, 0.3) is 5.56 Å². The third-order valence-corrected chi connectivity index (χ3v) is 4.14. The van der Waals surface area contributed by atoms with Gasteiger partial charge in [0.2, 0.25) is 0 Å². The zero-order valence-electron chi connectivity index (χ0n) is 13.8. The van der Waals surface area contributed by atoms with Crippen LogP contribution in [0.3, 0.4) is 0 Å². The second-order valence-electron chi connectivity index (χ2n) is 5.57. The number of benzene rings is 2. The van der Waals surface area contributed by atoms with Gasteiger partial charge in [-0.1, -0.05) is 11.6 Å². The lowest BCUT2D eigenvalue weighted by Crippen LogP contribution is -2.09. The summed E-state index contributed by atoms with van der Waals surface area (Å²) in [4.78, 5) is 23.8. The van der Waals surface area contributed by atoms with Gasteiger partial charge < -0.3 is 4.74 Å². The quantitative estimate of drug-likeness (QED) is 0.697. The van der Waals surface area contributed by atoms with Crippen molar-refractivity contribution in [1.29, 1.82) is 0 Å². The number of methoxy groups -OCH3 is 1. The van der Waals surface area contributed by atoms with Crippen molar-refractivity contribution in [3.63, 3.8) is 0 Å². The number of H-pyrrole nitrogens is 1. The molecule has 26 heavy (non-hydrogen) atoms. The average Bonchev–Trinajstić information content (AvgIpc) is 2.63. The van der Waals surface area contributed by atoms with Gasteiger partial charge in [-0.15, -0.1) is 0 Å². The topological polar surface area (TPSA) is 72.1 Å². The molecule has 1 heterocycles. The molecule has 0 aliphatic heterocycles. The summed E-state index contributed by atoms with van der Waals surface area (Å²) in [7, 11) is 1.53. The van der Waals surface area contributed by atoms with Crippen LogP contribution in [-0.4, -0.2) is 23.1 Å². The molecule has 0 saturated carbocycles. The van der Waals surface area contributed by atoms with Crippen LogP contribution in [0.4, 0.5) is 4.39 Å². The molecule has 3 rings (SSSR count). The van der Waals surface area contributed by atoms with E-state index >= 15 is 0 Å². The molecule has 7 heteroatoms. The van der Waals surface area contributed by atoms with E-state index in [1.165, 1.54) is 25.3 Å². The van der Waals surface area contributed by atoms with E-state index in [0.717, 1.165) is 11.6 Å². The maximum atomic E-state index is 13.2. The molecule has 0 aliphatic rings. The van der Waals surface area contributed by atoms with Gasteiger partial charge in [0.05, 0.1) is 17.8 Å². The number of ether oxygens (including phenoxy) is 1. The molecule has 3 aromatic rings. The van der Waals surface area contributed by atoms with Crippen LogP contribution in [0.15, 0.2) is 53.3 Å². The zero-order chi connectivity index (χ0) is 18.7. The van der Waals surface area contributed by atoms with Crippen molar-refractivity contribution < 1.29 is 13.9 Å². The van der Waals surface area contributed by atoms with Crippen LogP contribution in [0.25, 0.3) is 0 Å². The minimum atomic E-state index is -0.508. The highest BCUT2D eigenvalue weighted by atomic mass is 35.5. The lowest BCUT2D eigenvalue weighted by molar-refractivity contribution is 0.103. The Morgan fingerprint density at radius 3 is 2.65 bits per heavy atom. The fourth-order valence-electron chi connectivity index (χ4n) is 2.55. The first-order valence-electron chi connectivity index (χ1n) is 7.69. The number of hydrogen-bond donors (Lipinski definition) is 1. The van der Waals surface area contributed by atoms with Crippen LogP contribution in [0.2, 0.25) is 5.02 Å². The first-order chi connectivity index (χ1) is 12.5. The largest absolute Gasteiger partial charge is 0.496 e. The Morgan fingerprint density at radius 1 is 1.19 bits per heavy atom. The molecule has 0 unspecified atom stereocenters. The standard InChI is InChI=1S/C19H14ClFN2O3/c1-26-17-6-2-11(19(25)15-5-3-13(21)10-16(15)20)8-12(17)9-14-4-7-18(24)23-22-14/h2-8,10H,9H2,1H3,(H,23,24). The average molecular weight is 373 g/mol. The molecule has 5 nitrogen and oxygen atoms in total. The number of nitrogens with zero attached hydrogens (tertiary/aromatic N) is 1. The van der Waals surface area contributed by atoms with Gasteiger partial charge in [0.1, 0.15) is 11.6 Å². The molecule has 0 aliphatic carbocycles. The van der Waals surface area contributed by atoms with Crippen molar-refractivity contribution in [2.45, 2.75) is 6.42 Å². The minimum absolute atomic E-state index is 0.0506. The van der Waals surface area contributed by atoms with Gasteiger partial charge in [-0.05, 0) is 42.5 Å². The third-order valence-electron chi connectivity index (χ3n) is 3.83. The molecule has 1 aromatic heterocycles. The molecule has 0 amide bonds. The summed E-state index contributed by atoms with van der Waals surface area (Å²) in [6.07, 6.45) is 0.359. The fourth-order valence-corrected chi connectivity index (χ4v) is 2.81. The van der Waals surface area contributed by atoms with E-state index < -0.39 is 5.82 Å². The van der Waals surface area contributed by atoms with Crippen LogP contribution < -0.4 is 10.3 Å². The van der Waals surface area contributed by atoms with E-state index in [2.05, 4.69) is 10.2 Å². The third kappa shape index (κ3) is 3.81. The minimum Gasteiger partial charge on any atom is -0.496 e. The van der Waals surface area contributed by atoms with Crippen molar-refractivity contribution in [2.75, 3.05) is 7.11 Å². The molecular formula is C19H14ClFN2O3. The predicted octanol–water partition coefficient (Wildman–Crippen LogP) is 3.39. The molecule has 2 aromatic carbocycles. The summed E-state index contributed by atoms with van der Waals surface area (Å²) >= 11 is 5.99. The van der Waals surface area contributed by atoms with Crippen molar-refractivity contribution in [3.8, 4) is 5.75 Å². The Balaban J connectivity index is 1.97. The smallest absolute Gasteiger partial charge is 0.264 e. The molecule has 0 atom stereocenters. The molecule has 1 N–H and O–H groups in total. The van der Waals surface area contributed by atoms with Crippen molar-refractivity contribution in [3.05, 3.63) is 92.1 Å². The summed E-state index contributed by atoms with van der Waals surface area (Å²) in [6.45, 7) is 0. The molecule has 0 radical (unpaired) electrons. The van der Waals surface area contributed by atoms with E-state index in [-0.39, 0.29) is 21.9 Å². The predicted molar refractivity (Wildman–Crippen MR) is 95.5 cm³/mol. The Morgan fingerprint density at radius 2 is 2.00 bits per heavy atom. The number of aromatic nitrogens is 2. The number of nitrogens with one attached hydrogen (secondary N) is 1. The Labute approximate surface area is 153 Å². The van der Waals surface area contributed by atoms with E-state index in [4.69, 9.17) is 16.3 Å². The summed E-state index contributed by atoms with van der Waals surface area (Å²) in [5.74, 6) is -0.251. The van der Waals surface area contributed by atoms with E-state index in [9.17, 15) is 14.0 Å². The van der Waals surface area contributed by atoms with Gasteiger partial charge >= 0.3 is 0 Å². The normalized spacial score (nSPS) is 10.6. The highest BCUT2D eigenvalue weighted by molar-refractivity contribution is 6.35. The lowest BCUT2D eigenvalue weighted by Gasteiger charge is -2.11. The van der Waals surface area contributed by atoms with E-state index in [1.54, 1.807) is 24.3 Å². The highest BCUT2D eigenvalue weighted by Gasteiger charge is 2.16. The number of hydrogen-bond acceptors (Lipinski definition) is 4. The SMILES string of the molecule is COc1ccc(C(=O)c2ccc(F)cc2Cl)cc1Cc1ccc(=O)[nH]n1. The fraction of sp³-hybridized carbons (Fsp3) is 0.105. The number of carbonyl (C=O) groups excluding carboxylic acids is 1. The Hall–Kier alpha value is -2.99. The number of aromatic amines is 1. The van der Waals surface area contributed by atoms with Crippen LogP contribution >= 0.6 is 11.6 Å². The molecule has 0 fully saturated rings. The first-order valence-corrected chi connectivity index (χ1v) is 8.07. The van der Waals surface area contributed by atoms with Crippen molar-refractivity contribution in [1.82, 2.24) is 10.2 Å². The summed E-state index contributed by atoms with van der Waals surface area (Å²) in [5, 5.41) is 6.38. The van der Waals surface area contributed by atoms with Gasteiger partial charge in [-0.25, -0.2) is 9.49 Å². The molecule has 0 spiro atoms. The Bertz CT molecular complexity index is 1010. The van der Waals surface area contributed by atoms with Gasteiger partial charge in [-0.3, -0.25) is 9.59 Å². The molecule has 132 valence electrons. The Kier molecular flexibility index (Phi) is 5.14. The maximum Gasteiger partial charge on any atom is 0.264 e. The van der Waals surface area contributed by atoms with Crippen LogP contribution in [-0.2, 0) is 6.42 Å². The van der Waals surface area contributed by atoms with Crippen molar-refractivity contribution >= 4 is 17.4 Å². The summed E-state index contributed by atoms with van der Waals surface area (Å²) < 4.78 is 18.5.